The fraction of sp³-hybridized carbons (Fsp3) is 0.429. The van der Waals surface area contributed by atoms with Gasteiger partial charge in [-0.05, 0) is 25.8 Å². The highest BCUT2D eigenvalue weighted by Crippen LogP contribution is 2.18. The fourth-order valence-electron chi connectivity index (χ4n) is 2.14. The van der Waals surface area contributed by atoms with Gasteiger partial charge in [0.25, 0.3) is 5.91 Å². The van der Waals surface area contributed by atoms with E-state index in [2.05, 4.69) is 10.4 Å². The lowest BCUT2D eigenvalue weighted by Gasteiger charge is -2.07. The molecule has 2 heterocycles. The molecule has 2 rings (SSSR count). The summed E-state index contributed by atoms with van der Waals surface area (Å²) in [5, 5.41) is 7.13. The molecule has 0 atom stereocenters. The molecule has 0 aliphatic heterocycles. The van der Waals surface area contributed by atoms with Crippen molar-refractivity contribution in [3.05, 3.63) is 35.4 Å². The lowest BCUT2D eigenvalue weighted by molar-refractivity contribution is 0.102. The maximum Gasteiger partial charge on any atom is 0.257 e. The van der Waals surface area contributed by atoms with Gasteiger partial charge in [0.2, 0.25) is 0 Å². The van der Waals surface area contributed by atoms with Gasteiger partial charge in [0.15, 0.2) is 0 Å². The van der Waals surface area contributed by atoms with E-state index in [1.165, 1.54) is 0 Å². The molecule has 6 heteroatoms. The summed E-state index contributed by atoms with van der Waals surface area (Å²) in [5.74, 6) is 0.485. The van der Waals surface area contributed by atoms with Crippen LogP contribution in [0.5, 0.6) is 0 Å². The number of halogens is 1. The fourth-order valence-corrected chi connectivity index (χ4v) is 2.27. The van der Waals surface area contributed by atoms with E-state index in [0.717, 1.165) is 29.9 Å². The normalized spacial score (nSPS) is 10.8. The van der Waals surface area contributed by atoms with Gasteiger partial charge in [0.1, 0.15) is 0 Å². The number of nitrogens with zero attached hydrogens (tertiary/aromatic N) is 3. The maximum absolute atomic E-state index is 12.3. The first-order valence-electron chi connectivity index (χ1n) is 6.54. The Balaban J connectivity index is 2.18. The van der Waals surface area contributed by atoms with E-state index in [9.17, 15) is 4.79 Å². The van der Waals surface area contributed by atoms with Crippen molar-refractivity contribution in [2.75, 3.05) is 11.2 Å². The second-order valence-corrected chi connectivity index (χ2v) is 5.18. The van der Waals surface area contributed by atoms with Crippen molar-refractivity contribution in [1.29, 1.82) is 0 Å². The van der Waals surface area contributed by atoms with Crippen LogP contribution < -0.4 is 5.32 Å². The molecule has 5 nitrogen and oxygen atoms in total. The van der Waals surface area contributed by atoms with Gasteiger partial charge in [-0.25, -0.2) is 0 Å². The minimum absolute atomic E-state index is 0.108. The predicted molar refractivity (Wildman–Crippen MR) is 80.4 cm³/mol. The summed E-state index contributed by atoms with van der Waals surface area (Å²) in [6.07, 6.45) is 5.21. The monoisotopic (exact) mass is 294 g/mol. The molecule has 20 heavy (non-hydrogen) atoms. The number of aryl methyl sites for hydroxylation is 2. The quantitative estimate of drug-likeness (QED) is 0.862. The molecule has 0 aromatic carbocycles. The van der Waals surface area contributed by atoms with Crippen LogP contribution in [0, 0.1) is 6.92 Å². The molecule has 1 amide bonds. The molecule has 2 aromatic heterocycles. The molecule has 0 saturated carbocycles. The molecule has 0 spiro atoms. The Morgan fingerprint density at radius 3 is 2.80 bits per heavy atom. The number of hydrogen-bond donors (Lipinski definition) is 1. The molecule has 0 unspecified atom stereocenters. The zero-order valence-corrected chi connectivity index (χ0v) is 12.7. The predicted octanol–water partition coefficient (Wildman–Crippen LogP) is 2.49. The Hall–Kier alpha value is -1.75. The van der Waals surface area contributed by atoms with E-state index in [1.54, 1.807) is 10.9 Å². The highest BCUT2D eigenvalue weighted by Gasteiger charge is 2.15. The molecular weight excluding hydrogens is 276 g/mol. The molecular formula is C14H19ClN4O. The maximum atomic E-state index is 12.3. The molecule has 108 valence electrons. The molecule has 1 N–H and O–H groups in total. The van der Waals surface area contributed by atoms with Crippen molar-refractivity contribution in [3.8, 4) is 0 Å². The third-order valence-corrected chi connectivity index (χ3v) is 3.75. The molecule has 0 radical (unpaired) electrons. The van der Waals surface area contributed by atoms with E-state index in [0.29, 0.717) is 11.4 Å². The first-order chi connectivity index (χ1) is 9.54. The number of aromatic nitrogens is 3. The average molecular weight is 295 g/mol. The highest BCUT2D eigenvalue weighted by atomic mass is 35.5. The topological polar surface area (TPSA) is 51.9 Å². The summed E-state index contributed by atoms with van der Waals surface area (Å²) < 4.78 is 3.70. The van der Waals surface area contributed by atoms with Crippen LogP contribution in [0.15, 0.2) is 18.5 Å². The van der Waals surface area contributed by atoms with Crippen LogP contribution in [0.3, 0.4) is 0 Å². The summed E-state index contributed by atoms with van der Waals surface area (Å²) in [6.45, 7) is 1.92. The van der Waals surface area contributed by atoms with Gasteiger partial charge in [-0.2, -0.15) is 5.10 Å². The van der Waals surface area contributed by atoms with Gasteiger partial charge in [-0.3, -0.25) is 9.48 Å². The van der Waals surface area contributed by atoms with Gasteiger partial charge in [0.05, 0.1) is 23.1 Å². The number of nitrogens with one attached hydrogen (secondary N) is 1. The summed E-state index contributed by atoms with van der Waals surface area (Å²) >= 11 is 5.73. The van der Waals surface area contributed by atoms with E-state index in [-0.39, 0.29) is 5.91 Å². The summed E-state index contributed by atoms with van der Waals surface area (Å²) in [4.78, 5) is 12.3. The van der Waals surface area contributed by atoms with Gasteiger partial charge in [-0.1, -0.05) is 0 Å². The molecule has 0 fully saturated rings. The number of carbonyl (C=O) groups is 1. The smallest absolute Gasteiger partial charge is 0.257 e. The Kier molecular flexibility index (Phi) is 4.49. The number of hydrogen-bond acceptors (Lipinski definition) is 2. The van der Waals surface area contributed by atoms with E-state index >= 15 is 0 Å². The molecule has 0 bridgehead atoms. The van der Waals surface area contributed by atoms with Crippen LogP contribution >= 0.6 is 11.6 Å². The van der Waals surface area contributed by atoms with Crippen molar-refractivity contribution in [3.63, 3.8) is 0 Å². The van der Waals surface area contributed by atoms with Crippen molar-refractivity contribution >= 4 is 23.2 Å². The minimum Gasteiger partial charge on any atom is -0.354 e. The largest absolute Gasteiger partial charge is 0.354 e. The first kappa shape index (κ1) is 14.7. The van der Waals surface area contributed by atoms with E-state index in [4.69, 9.17) is 11.6 Å². The van der Waals surface area contributed by atoms with Gasteiger partial charge >= 0.3 is 0 Å². The standard InChI is InChI=1S/C14H19ClN4O/c1-10-11(6-8-18(10)2)14(20)17-12-9-16-19(3)13(12)5-4-7-15/h6,8-9H,4-5,7H2,1-3H3,(H,17,20). The first-order valence-corrected chi connectivity index (χ1v) is 7.08. The van der Waals surface area contributed by atoms with Gasteiger partial charge in [-0.15, -0.1) is 11.6 Å². The Morgan fingerprint density at radius 1 is 1.45 bits per heavy atom. The third kappa shape index (κ3) is 2.88. The van der Waals surface area contributed by atoms with Crippen molar-refractivity contribution in [2.45, 2.75) is 19.8 Å². The second kappa shape index (κ2) is 6.13. The Bertz CT molecular complexity index is 615. The summed E-state index contributed by atoms with van der Waals surface area (Å²) in [5.41, 5.74) is 3.37. The van der Waals surface area contributed by atoms with E-state index in [1.807, 2.05) is 37.8 Å². The van der Waals surface area contributed by atoms with Crippen LogP contribution in [-0.4, -0.2) is 26.1 Å². The Morgan fingerprint density at radius 2 is 2.20 bits per heavy atom. The zero-order chi connectivity index (χ0) is 14.7. The van der Waals surface area contributed by atoms with Crippen molar-refractivity contribution in [1.82, 2.24) is 14.3 Å². The van der Waals surface area contributed by atoms with Crippen LogP contribution in [0.2, 0.25) is 0 Å². The minimum atomic E-state index is -0.108. The molecule has 0 aliphatic rings. The second-order valence-electron chi connectivity index (χ2n) is 4.80. The average Bonchev–Trinajstić information content (AvgIpc) is 2.93. The van der Waals surface area contributed by atoms with E-state index < -0.39 is 0 Å². The summed E-state index contributed by atoms with van der Waals surface area (Å²) in [6, 6.07) is 1.82. The zero-order valence-electron chi connectivity index (χ0n) is 12.0. The van der Waals surface area contributed by atoms with Crippen molar-refractivity contribution in [2.24, 2.45) is 14.1 Å². The number of rotatable bonds is 5. The highest BCUT2D eigenvalue weighted by molar-refractivity contribution is 6.17. The number of carbonyl (C=O) groups excluding carboxylic acids is 1. The van der Waals surface area contributed by atoms with Crippen LogP contribution in [0.4, 0.5) is 5.69 Å². The third-order valence-electron chi connectivity index (χ3n) is 3.49. The number of amides is 1. The lowest BCUT2D eigenvalue weighted by Crippen LogP contribution is -2.14. The Labute approximate surface area is 123 Å². The van der Waals surface area contributed by atoms with Crippen LogP contribution in [0.25, 0.3) is 0 Å². The van der Waals surface area contributed by atoms with Crippen molar-refractivity contribution < 1.29 is 4.79 Å². The number of anilines is 1. The van der Waals surface area contributed by atoms with Crippen LogP contribution in [-0.2, 0) is 20.5 Å². The van der Waals surface area contributed by atoms with Crippen LogP contribution in [0.1, 0.15) is 28.2 Å². The SMILES string of the molecule is Cc1c(C(=O)Nc2cnn(C)c2CCCCl)ccn1C. The molecule has 0 saturated heterocycles. The lowest BCUT2D eigenvalue weighted by atomic mass is 10.2. The van der Waals surface area contributed by atoms with Gasteiger partial charge in [0, 0.05) is 31.9 Å². The van der Waals surface area contributed by atoms with Gasteiger partial charge < -0.3 is 9.88 Å². The number of alkyl halides is 1. The molecule has 2 aromatic rings. The molecule has 0 aliphatic carbocycles. The summed E-state index contributed by atoms with van der Waals surface area (Å²) in [7, 11) is 3.79.